The van der Waals surface area contributed by atoms with Crippen molar-refractivity contribution in [2.75, 3.05) is 20.1 Å². The van der Waals surface area contributed by atoms with Crippen molar-refractivity contribution >= 4 is 38.8 Å². The highest BCUT2D eigenvalue weighted by atomic mass is 79.9. The van der Waals surface area contributed by atoms with Crippen molar-refractivity contribution in [1.82, 2.24) is 19.8 Å². The van der Waals surface area contributed by atoms with E-state index in [2.05, 4.69) is 28.2 Å². The van der Waals surface area contributed by atoms with Gasteiger partial charge < -0.3 is 14.8 Å². The normalized spacial score (nSPS) is 10.9. The number of amides is 2. The molecule has 1 heterocycles. The summed E-state index contributed by atoms with van der Waals surface area (Å²) < 4.78 is 2.89. The summed E-state index contributed by atoms with van der Waals surface area (Å²) in [6, 6.07) is 15.2. The Balaban J connectivity index is 1.64. The van der Waals surface area contributed by atoms with Crippen LogP contribution in [0.4, 0.5) is 0 Å². The predicted molar refractivity (Wildman–Crippen MR) is 127 cm³/mol. The van der Waals surface area contributed by atoms with Gasteiger partial charge in [-0.2, -0.15) is 0 Å². The molecule has 0 spiro atoms. The second-order valence-corrected chi connectivity index (χ2v) is 8.56. The Hall–Kier alpha value is -2.67. The number of carbonyl (C=O) groups excluding carboxylic acids is 2. The minimum absolute atomic E-state index is 0.0841. The monoisotopic (exact) mass is 484 g/mol. The first-order valence-corrected chi connectivity index (χ1v) is 11.5. The predicted octanol–water partition coefficient (Wildman–Crippen LogP) is 4.42. The van der Waals surface area contributed by atoms with Gasteiger partial charge in [0.25, 0.3) is 5.91 Å². The number of nitrogens with zero attached hydrogens (tertiary/aromatic N) is 3. The molecule has 7 heteroatoms. The van der Waals surface area contributed by atoms with Crippen LogP contribution in [0.15, 0.2) is 53.0 Å². The van der Waals surface area contributed by atoms with Gasteiger partial charge in [-0.25, -0.2) is 4.98 Å². The van der Waals surface area contributed by atoms with Crippen LogP contribution in [0.5, 0.6) is 0 Å². The summed E-state index contributed by atoms with van der Waals surface area (Å²) in [6.07, 6.45) is 3.47. The number of hydrogen-bond donors (Lipinski definition) is 1. The highest BCUT2D eigenvalue weighted by Gasteiger charge is 2.16. The molecule has 0 aliphatic heterocycles. The van der Waals surface area contributed by atoms with E-state index in [1.807, 2.05) is 48.0 Å². The Kier molecular flexibility index (Phi) is 8.23. The summed E-state index contributed by atoms with van der Waals surface area (Å²) >= 11 is 3.39. The fraction of sp³-hybridized carbons (Fsp3) is 0.375. The SMILES string of the molecule is CCCCN(C)C(=O)Cn1c(CCCNC(=O)c2cccc(Br)c2)nc2ccccc21. The van der Waals surface area contributed by atoms with Crippen LogP contribution in [0.2, 0.25) is 0 Å². The number of aryl methyl sites for hydroxylation is 1. The number of fused-ring (bicyclic) bond motifs is 1. The number of likely N-dealkylation sites (N-methyl/N-ethyl adjacent to an activating group) is 1. The van der Waals surface area contributed by atoms with Crippen molar-refractivity contribution in [3.63, 3.8) is 0 Å². The summed E-state index contributed by atoms with van der Waals surface area (Å²) in [5.74, 6) is 0.860. The number of imidazole rings is 1. The summed E-state index contributed by atoms with van der Waals surface area (Å²) in [5.41, 5.74) is 2.48. The molecule has 164 valence electrons. The Labute approximate surface area is 191 Å². The summed E-state index contributed by atoms with van der Waals surface area (Å²) in [4.78, 5) is 31.6. The zero-order chi connectivity index (χ0) is 22.2. The smallest absolute Gasteiger partial charge is 0.251 e. The third-order valence-corrected chi connectivity index (χ3v) is 5.74. The molecule has 2 aromatic carbocycles. The molecule has 0 atom stereocenters. The Morgan fingerprint density at radius 3 is 2.71 bits per heavy atom. The Morgan fingerprint density at radius 1 is 1.13 bits per heavy atom. The van der Waals surface area contributed by atoms with Gasteiger partial charge >= 0.3 is 0 Å². The zero-order valence-corrected chi connectivity index (χ0v) is 19.7. The van der Waals surface area contributed by atoms with Gasteiger partial charge in [0.15, 0.2) is 0 Å². The number of rotatable bonds is 10. The van der Waals surface area contributed by atoms with Crippen molar-refractivity contribution in [1.29, 1.82) is 0 Å². The van der Waals surface area contributed by atoms with Gasteiger partial charge in [-0.05, 0) is 43.2 Å². The number of para-hydroxylation sites is 2. The molecule has 31 heavy (non-hydrogen) atoms. The van der Waals surface area contributed by atoms with E-state index in [-0.39, 0.29) is 18.4 Å². The van der Waals surface area contributed by atoms with Crippen LogP contribution >= 0.6 is 15.9 Å². The van der Waals surface area contributed by atoms with E-state index in [4.69, 9.17) is 4.98 Å². The molecule has 1 N–H and O–H groups in total. The first-order valence-electron chi connectivity index (χ1n) is 10.7. The molecule has 2 amide bonds. The van der Waals surface area contributed by atoms with Crippen LogP contribution in [-0.2, 0) is 17.8 Å². The zero-order valence-electron chi connectivity index (χ0n) is 18.1. The second kappa shape index (κ2) is 11.1. The maximum atomic E-state index is 12.7. The lowest BCUT2D eigenvalue weighted by Crippen LogP contribution is -2.31. The summed E-state index contributed by atoms with van der Waals surface area (Å²) in [7, 11) is 1.86. The highest BCUT2D eigenvalue weighted by Crippen LogP contribution is 2.18. The molecular formula is C24H29BrN4O2. The molecule has 6 nitrogen and oxygen atoms in total. The maximum Gasteiger partial charge on any atom is 0.251 e. The van der Waals surface area contributed by atoms with Crippen molar-refractivity contribution < 1.29 is 9.59 Å². The Morgan fingerprint density at radius 2 is 1.94 bits per heavy atom. The molecule has 0 fully saturated rings. The van der Waals surface area contributed by atoms with E-state index in [0.717, 1.165) is 47.1 Å². The lowest BCUT2D eigenvalue weighted by atomic mass is 10.2. The molecule has 0 radical (unpaired) electrons. The molecular weight excluding hydrogens is 456 g/mol. The van der Waals surface area contributed by atoms with Gasteiger partial charge in [0.1, 0.15) is 12.4 Å². The fourth-order valence-electron chi connectivity index (χ4n) is 3.45. The van der Waals surface area contributed by atoms with Crippen molar-refractivity contribution in [3.8, 4) is 0 Å². The van der Waals surface area contributed by atoms with E-state index in [0.29, 0.717) is 18.5 Å². The van der Waals surface area contributed by atoms with Crippen LogP contribution in [-0.4, -0.2) is 46.4 Å². The van der Waals surface area contributed by atoms with E-state index in [9.17, 15) is 9.59 Å². The minimum atomic E-state index is -0.0949. The quantitative estimate of drug-likeness (QED) is 0.433. The van der Waals surface area contributed by atoms with Crippen LogP contribution in [0, 0.1) is 0 Å². The molecule has 3 aromatic rings. The van der Waals surface area contributed by atoms with E-state index < -0.39 is 0 Å². The van der Waals surface area contributed by atoms with Gasteiger partial charge in [-0.15, -0.1) is 0 Å². The van der Waals surface area contributed by atoms with Crippen LogP contribution in [0.25, 0.3) is 11.0 Å². The topological polar surface area (TPSA) is 67.2 Å². The van der Waals surface area contributed by atoms with Crippen molar-refractivity contribution in [2.24, 2.45) is 0 Å². The lowest BCUT2D eigenvalue weighted by molar-refractivity contribution is -0.130. The number of nitrogens with one attached hydrogen (secondary N) is 1. The van der Waals surface area contributed by atoms with Crippen LogP contribution < -0.4 is 5.32 Å². The van der Waals surface area contributed by atoms with Gasteiger partial charge in [-0.3, -0.25) is 9.59 Å². The van der Waals surface area contributed by atoms with E-state index in [1.54, 1.807) is 17.0 Å². The summed E-state index contributed by atoms with van der Waals surface area (Å²) in [6.45, 7) is 3.70. The average molecular weight is 485 g/mol. The molecule has 0 saturated carbocycles. The van der Waals surface area contributed by atoms with Gasteiger partial charge in [-0.1, -0.05) is 47.5 Å². The molecule has 0 aliphatic carbocycles. The molecule has 0 bridgehead atoms. The van der Waals surface area contributed by atoms with E-state index in [1.165, 1.54) is 0 Å². The third-order valence-electron chi connectivity index (χ3n) is 5.25. The minimum Gasteiger partial charge on any atom is -0.352 e. The fourth-order valence-corrected chi connectivity index (χ4v) is 3.85. The Bertz CT molecular complexity index is 1050. The summed E-state index contributed by atoms with van der Waals surface area (Å²) in [5, 5.41) is 2.96. The number of benzene rings is 2. The molecule has 0 saturated heterocycles. The number of unbranched alkanes of at least 4 members (excludes halogenated alkanes) is 1. The lowest BCUT2D eigenvalue weighted by Gasteiger charge is -2.18. The molecule has 1 aromatic heterocycles. The van der Waals surface area contributed by atoms with Crippen LogP contribution in [0.3, 0.4) is 0 Å². The first-order chi connectivity index (χ1) is 15.0. The number of hydrogen-bond acceptors (Lipinski definition) is 3. The third kappa shape index (κ3) is 6.17. The van der Waals surface area contributed by atoms with Crippen LogP contribution in [0.1, 0.15) is 42.4 Å². The van der Waals surface area contributed by atoms with E-state index >= 15 is 0 Å². The van der Waals surface area contributed by atoms with Crippen molar-refractivity contribution in [2.45, 2.75) is 39.2 Å². The number of aromatic nitrogens is 2. The van der Waals surface area contributed by atoms with Gasteiger partial charge in [0.2, 0.25) is 5.91 Å². The van der Waals surface area contributed by atoms with Gasteiger partial charge in [0.05, 0.1) is 11.0 Å². The standard InChI is InChI=1S/C24H29BrN4O2/c1-3-4-15-28(2)23(30)17-29-21-12-6-5-11-20(21)27-22(29)13-8-14-26-24(31)18-9-7-10-19(25)16-18/h5-7,9-12,16H,3-4,8,13-15,17H2,1-2H3,(H,26,31). The molecule has 3 rings (SSSR count). The maximum absolute atomic E-state index is 12.7. The molecule has 0 unspecified atom stereocenters. The number of halogens is 1. The first kappa shape index (κ1) is 23.0. The number of carbonyl (C=O) groups is 2. The molecule has 0 aliphatic rings. The largest absolute Gasteiger partial charge is 0.352 e. The van der Waals surface area contributed by atoms with Gasteiger partial charge in [0, 0.05) is 36.6 Å². The second-order valence-electron chi connectivity index (χ2n) is 7.64. The highest BCUT2D eigenvalue weighted by molar-refractivity contribution is 9.10. The average Bonchev–Trinajstić information content (AvgIpc) is 3.12. The van der Waals surface area contributed by atoms with Crippen molar-refractivity contribution in [3.05, 3.63) is 64.4 Å².